The van der Waals surface area contributed by atoms with Crippen LogP contribution in [0.5, 0.6) is 11.5 Å². The van der Waals surface area contributed by atoms with Crippen molar-refractivity contribution < 1.29 is 14.3 Å². The summed E-state index contributed by atoms with van der Waals surface area (Å²) in [5.74, 6) is 1.05. The molecule has 0 saturated carbocycles. The Bertz CT molecular complexity index is 461. The van der Waals surface area contributed by atoms with Crippen molar-refractivity contribution in [1.29, 1.82) is 0 Å². The zero-order valence-electron chi connectivity index (χ0n) is 13.3. The number of rotatable bonds is 8. The molecule has 0 radical (unpaired) electrons. The van der Waals surface area contributed by atoms with Gasteiger partial charge in [0.1, 0.15) is 0 Å². The summed E-state index contributed by atoms with van der Waals surface area (Å²) in [6.45, 7) is 6.33. The predicted molar refractivity (Wildman–Crippen MR) is 83.7 cm³/mol. The first-order chi connectivity index (χ1) is 9.97. The van der Waals surface area contributed by atoms with E-state index >= 15 is 0 Å². The van der Waals surface area contributed by atoms with Crippen LogP contribution in [-0.4, -0.2) is 31.7 Å². The maximum atomic E-state index is 11.8. The standard InChI is InChI=1S/C16H26N2O3/c1-5-8-18-16(19)12(3)21-14-7-6-13(9-11(2)17)10-15(14)20-4/h6-7,10-12H,5,8-9,17H2,1-4H3,(H,18,19). The molecular formula is C16H26N2O3. The highest BCUT2D eigenvalue weighted by molar-refractivity contribution is 5.80. The van der Waals surface area contributed by atoms with E-state index in [2.05, 4.69) is 5.32 Å². The Labute approximate surface area is 126 Å². The van der Waals surface area contributed by atoms with Gasteiger partial charge in [0.2, 0.25) is 0 Å². The van der Waals surface area contributed by atoms with Crippen LogP contribution >= 0.6 is 0 Å². The summed E-state index contributed by atoms with van der Waals surface area (Å²) in [5.41, 5.74) is 6.88. The average Bonchev–Trinajstić information content (AvgIpc) is 2.45. The third-order valence-electron chi connectivity index (χ3n) is 3.01. The van der Waals surface area contributed by atoms with Crippen LogP contribution in [0.1, 0.15) is 32.8 Å². The summed E-state index contributed by atoms with van der Waals surface area (Å²) in [4.78, 5) is 11.8. The molecule has 118 valence electrons. The van der Waals surface area contributed by atoms with Gasteiger partial charge in [0.05, 0.1) is 7.11 Å². The van der Waals surface area contributed by atoms with Crippen LogP contribution < -0.4 is 20.5 Å². The number of nitrogens with two attached hydrogens (primary N) is 1. The Morgan fingerprint density at radius 1 is 1.33 bits per heavy atom. The fraction of sp³-hybridized carbons (Fsp3) is 0.562. The van der Waals surface area contributed by atoms with Gasteiger partial charge in [0, 0.05) is 12.6 Å². The minimum atomic E-state index is -0.565. The van der Waals surface area contributed by atoms with Crippen LogP contribution in [0.4, 0.5) is 0 Å². The van der Waals surface area contributed by atoms with E-state index in [1.54, 1.807) is 14.0 Å². The van der Waals surface area contributed by atoms with Gasteiger partial charge in [-0.1, -0.05) is 13.0 Å². The van der Waals surface area contributed by atoms with E-state index in [9.17, 15) is 4.79 Å². The maximum Gasteiger partial charge on any atom is 0.260 e. The van der Waals surface area contributed by atoms with Gasteiger partial charge < -0.3 is 20.5 Å². The molecule has 1 amide bonds. The Kier molecular flexibility index (Phi) is 7.02. The van der Waals surface area contributed by atoms with Gasteiger partial charge in [-0.15, -0.1) is 0 Å². The number of amides is 1. The molecule has 0 spiro atoms. The first-order valence-corrected chi connectivity index (χ1v) is 7.34. The van der Waals surface area contributed by atoms with Crippen molar-refractivity contribution in [3.05, 3.63) is 23.8 Å². The lowest BCUT2D eigenvalue weighted by molar-refractivity contribution is -0.127. The predicted octanol–water partition coefficient (Wildman–Crippen LogP) is 1.88. The maximum absolute atomic E-state index is 11.8. The average molecular weight is 294 g/mol. The number of methoxy groups -OCH3 is 1. The zero-order valence-corrected chi connectivity index (χ0v) is 13.3. The van der Waals surface area contributed by atoms with Crippen LogP contribution in [0.3, 0.4) is 0 Å². The fourth-order valence-corrected chi connectivity index (χ4v) is 1.94. The minimum absolute atomic E-state index is 0.0835. The van der Waals surface area contributed by atoms with Crippen LogP contribution in [0.25, 0.3) is 0 Å². The summed E-state index contributed by atoms with van der Waals surface area (Å²) in [6.07, 6.45) is 1.10. The number of ether oxygens (including phenoxy) is 2. The number of hydrogen-bond donors (Lipinski definition) is 2. The summed E-state index contributed by atoms with van der Waals surface area (Å²) < 4.78 is 11.0. The molecule has 1 aromatic rings. The van der Waals surface area contributed by atoms with E-state index in [0.717, 1.165) is 18.4 Å². The lowest BCUT2D eigenvalue weighted by Crippen LogP contribution is -2.36. The molecule has 5 heteroatoms. The van der Waals surface area contributed by atoms with Crippen molar-refractivity contribution in [3.8, 4) is 11.5 Å². The highest BCUT2D eigenvalue weighted by atomic mass is 16.5. The molecule has 0 heterocycles. The molecule has 21 heavy (non-hydrogen) atoms. The first kappa shape index (κ1) is 17.3. The topological polar surface area (TPSA) is 73.6 Å². The molecule has 0 saturated heterocycles. The van der Waals surface area contributed by atoms with Crippen LogP contribution in [0, 0.1) is 0 Å². The molecule has 5 nitrogen and oxygen atoms in total. The van der Waals surface area contributed by atoms with Crippen molar-refractivity contribution in [2.45, 2.75) is 45.8 Å². The van der Waals surface area contributed by atoms with Crippen LogP contribution in [0.2, 0.25) is 0 Å². The van der Waals surface area contributed by atoms with Crippen LogP contribution in [-0.2, 0) is 11.2 Å². The number of hydrogen-bond acceptors (Lipinski definition) is 4. The van der Waals surface area contributed by atoms with Crippen molar-refractivity contribution in [3.63, 3.8) is 0 Å². The van der Waals surface area contributed by atoms with E-state index < -0.39 is 6.10 Å². The van der Waals surface area contributed by atoms with Crippen LogP contribution in [0.15, 0.2) is 18.2 Å². The molecule has 0 aliphatic carbocycles. The zero-order chi connectivity index (χ0) is 15.8. The Hall–Kier alpha value is -1.75. The summed E-state index contributed by atoms with van der Waals surface area (Å²) in [6, 6.07) is 5.74. The Morgan fingerprint density at radius 2 is 2.05 bits per heavy atom. The summed E-state index contributed by atoms with van der Waals surface area (Å²) in [7, 11) is 1.58. The van der Waals surface area contributed by atoms with Crippen molar-refractivity contribution in [1.82, 2.24) is 5.32 Å². The van der Waals surface area contributed by atoms with Gasteiger partial charge in [0.25, 0.3) is 5.91 Å². The van der Waals surface area contributed by atoms with Gasteiger partial charge in [0.15, 0.2) is 17.6 Å². The molecular weight excluding hydrogens is 268 g/mol. The number of benzene rings is 1. The van der Waals surface area contributed by atoms with E-state index in [1.165, 1.54) is 0 Å². The summed E-state index contributed by atoms with van der Waals surface area (Å²) >= 11 is 0. The molecule has 1 rings (SSSR count). The molecule has 3 N–H and O–H groups in total. The molecule has 1 aromatic carbocycles. The SMILES string of the molecule is CCCNC(=O)C(C)Oc1ccc(CC(C)N)cc1OC. The lowest BCUT2D eigenvalue weighted by atomic mass is 10.1. The van der Waals surface area contributed by atoms with Crippen molar-refractivity contribution in [2.75, 3.05) is 13.7 Å². The molecule has 0 aliphatic heterocycles. The normalized spacial score (nSPS) is 13.4. The fourth-order valence-electron chi connectivity index (χ4n) is 1.94. The van der Waals surface area contributed by atoms with E-state index in [4.69, 9.17) is 15.2 Å². The minimum Gasteiger partial charge on any atom is -0.493 e. The van der Waals surface area contributed by atoms with E-state index in [1.807, 2.05) is 32.0 Å². The number of nitrogens with one attached hydrogen (secondary N) is 1. The Morgan fingerprint density at radius 3 is 2.62 bits per heavy atom. The first-order valence-electron chi connectivity index (χ1n) is 7.34. The largest absolute Gasteiger partial charge is 0.493 e. The highest BCUT2D eigenvalue weighted by Crippen LogP contribution is 2.29. The molecule has 2 unspecified atom stereocenters. The van der Waals surface area contributed by atoms with Gasteiger partial charge in [-0.2, -0.15) is 0 Å². The molecule has 0 fully saturated rings. The van der Waals surface area contributed by atoms with E-state index in [0.29, 0.717) is 18.0 Å². The molecule has 0 bridgehead atoms. The van der Waals surface area contributed by atoms with Gasteiger partial charge >= 0.3 is 0 Å². The highest BCUT2D eigenvalue weighted by Gasteiger charge is 2.16. The number of carbonyl (C=O) groups excluding carboxylic acids is 1. The second-order valence-corrected chi connectivity index (χ2v) is 5.22. The van der Waals surface area contributed by atoms with Gasteiger partial charge in [-0.25, -0.2) is 0 Å². The second-order valence-electron chi connectivity index (χ2n) is 5.22. The quantitative estimate of drug-likeness (QED) is 0.768. The van der Waals surface area contributed by atoms with Crippen molar-refractivity contribution >= 4 is 5.91 Å². The molecule has 2 atom stereocenters. The third kappa shape index (κ3) is 5.63. The molecule has 0 aromatic heterocycles. The third-order valence-corrected chi connectivity index (χ3v) is 3.01. The summed E-state index contributed by atoms with van der Waals surface area (Å²) in [5, 5.41) is 2.81. The number of carbonyl (C=O) groups is 1. The molecule has 0 aliphatic rings. The van der Waals surface area contributed by atoms with Gasteiger partial charge in [-0.05, 0) is 44.4 Å². The smallest absolute Gasteiger partial charge is 0.260 e. The van der Waals surface area contributed by atoms with E-state index in [-0.39, 0.29) is 11.9 Å². The van der Waals surface area contributed by atoms with Gasteiger partial charge in [-0.3, -0.25) is 4.79 Å². The second kappa shape index (κ2) is 8.52. The van der Waals surface area contributed by atoms with Crippen molar-refractivity contribution in [2.24, 2.45) is 5.73 Å². The lowest BCUT2D eigenvalue weighted by Gasteiger charge is -2.17. The Balaban J connectivity index is 2.76. The monoisotopic (exact) mass is 294 g/mol.